The van der Waals surface area contributed by atoms with Gasteiger partial charge in [0.15, 0.2) is 11.5 Å². The molecule has 0 aliphatic carbocycles. The number of fused-ring (bicyclic) bond motifs is 1. The van der Waals surface area contributed by atoms with Gasteiger partial charge in [-0.2, -0.15) is 0 Å². The predicted molar refractivity (Wildman–Crippen MR) is 107 cm³/mol. The van der Waals surface area contributed by atoms with Crippen molar-refractivity contribution in [2.24, 2.45) is 0 Å². The Balaban J connectivity index is 1.50. The molecule has 9 heteroatoms. The van der Waals surface area contributed by atoms with Crippen molar-refractivity contribution in [3.63, 3.8) is 0 Å². The SMILES string of the molecule is O=C(/C=C/c1ccc([N+](=O)[O-])s1)Nc1cccc(-c2nnc3ccccn23)c1. The Morgan fingerprint density at radius 2 is 2.04 bits per heavy atom. The number of nitrogens with zero attached hydrogens (tertiary/aromatic N) is 4. The van der Waals surface area contributed by atoms with Crippen molar-refractivity contribution in [2.75, 3.05) is 5.32 Å². The van der Waals surface area contributed by atoms with Crippen LogP contribution in [0.25, 0.3) is 23.1 Å². The van der Waals surface area contributed by atoms with E-state index in [2.05, 4.69) is 15.5 Å². The summed E-state index contributed by atoms with van der Waals surface area (Å²) in [7, 11) is 0. The van der Waals surface area contributed by atoms with Gasteiger partial charge in [-0.1, -0.05) is 29.5 Å². The number of nitro groups is 1. The molecule has 0 fully saturated rings. The lowest BCUT2D eigenvalue weighted by Gasteiger charge is -2.05. The van der Waals surface area contributed by atoms with E-state index < -0.39 is 4.92 Å². The Bertz CT molecular complexity index is 1210. The molecule has 0 unspecified atom stereocenters. The van der Waals surface area contributed by atoms with Gasteiger partial charge in [0.2, 0.25) is 5.91 Å². The average molecular weight is 391 g/mol. The van der Waals surface area contributed by atoms with Crippen LogP contribution >= 0.6 is 11.3 Å². The van der Waals surface area contributed by atoms with Gasteiger partial charge in [0, 0.05) is 34.5 Å². The van der Waals surface area contributed by atoms with Gasteiger partial charge in [0.25, 0.3) is 0 Å². The minimum absolute atomic E-state index is 0.0355. The third-order valence-corrected chi connectivity index (χ3v) is 4.90. The van der Waals surface area contributed by atoms with Crippen LogP contribution in [0.3, 0.4) is 0 Å². The van der Waals surface area contributed by atoms with E-state index in [4.69, 9.17) is 0 Å². The fourth-order valence-electron chi connectivity index (χ4n) is 2.65. The molecule has 4 rings (SSSR count). The quantitative estimate of drug-likeness (QED) is 0.314. The third kappa shape index (κ3) is 3.64. The lowest BCUT2D eigenvalue weighted by molar-refractivity contribution is -0.380. The Morgan fingerprint density at radius 3 is 2.86 bits per heavy atom. The molecular formula is C19H13N5O3S. The van der Waals surface area contributed by atoms with E-state index in [0.717, 1.165) is 22.5 Å². The van der Waals surface area contributed by atoms with Crippen LogP contribution in [0.5, 0.6) is 0 Å². The summed E-state index contributed by atoms with van der Waals surface area (Å²) in [4.78, 5) is 23.1. The van der Waals surface area contributed by atoms with Crippen LogP contribution < -0.4 is 5.32 Å². The summed E-state index contributed by atoms with van der Waals surface area (Å²) in [5.41, 5.74) is 2.16. The molecule has 0 spiro atoms. The number of aromatic nitrogens is 3. The summed E-state index contributed by atoms with van der Waals surface area (Å²) >= 11 is 1.01. The van der Waals surface area contributed by atoms with Gasteiger partial charge in [-0.15, -0.1) is 10.2 Å². The number of benzene rings is 1. The number of thiophene rings is 1. The van der Waals surface area contributed by atoms with E-state index in [0.29, 0.717) is 16.4 Å². The lowest BCUT2D eigenvalue weighted by atomic mass is 10.2. The van der Waals surface area contributed by atoms with E-state index in [1.54, 1.807) is 18.2 Å². The first-order chi connectivity index (χ1) is 13.6. The first kappa shape index (κ1) is 17.6. The molecule has 1 aromatic carbocycles. The van der Waals surface area contributed by atoms with Crippen LogP contribution in [0, 0.1) is 10.1 Å². The maximum atomic E-state index is 12.2. The van der Waals surface area contributed by atoms with Crippen LogP contribution in [0.15, 0.2) is 66.9 Å². The summed E-state index contributed by atoms with van der Waals surface area (Å²) in [6.45, 7) is 0. The summed E-state index contributed by atoms with van der Waals surface area (Å²) in [5, 5.41) is 21.9. The summed E-state index contributed by atoms with van der Waals surface area (Å²) in [5.74, 6) is 0.340. The fourth-order valence-corrected chi connectivity index (χ4v) is 3.37. The number of rotatable bonds is 5. The summed E-state index contributed by atoms with van der Waals surface area (Å²) in [6, 6.07) is 15.9. The van der Waals surface area contributed by atoms with Crippen molar-refractivity contribution in [1.29, 1.82) is 0 Å². The molecule has 28 heavy (non-hydrogen) atoms. The summed E-state index contributed by atoms with van der Waals surface area (Å²) in [6.07, 6.45) is 4.76. The summed E-state index contributed by atoms with van der Waals surface area (Å²) < 4.78 is 1.87. The smallest absolute Gasteiger partial charge is 0.322 e. The number of hydrogen-bond acceptors (Lipinski definition) is 6. The minimum atomic E-state index is -0.457. The van der Waals surface area contributed by atoms with Gasteiger partial charge < -0.3 is 5.32 Å². The molecule has 138 valence electrons. The maximum Gasteiger partial charge on any atom is 0.324 e. The molecule has 0 saturated heterocycles. The number of amides is 1. The molecule has 3 aromatic heterocycles. The van der Waals surface area contributed by atoms with E-state index >= 15 is 0 Å². The number of anilines is 1. The van der Waals surface area contributed by atoms with Crippen molar-refractivity contribution in [3.05, 3.63) is 81.9 Å². The van der Waals surface area contributed by atoms with Crippen molar-refractivity contribution < 1.29 is 9.72 Å². The van der Waals surface area contributed by atoms with E-state index in [9.17, 15) is 14.9 Å². The van der Waals surface area contributed by atoms with Crippen LogP contribution in [0.1, 0.15) is 4.88 Å². The van der Waals surface area contributed by atoms with Gasteiger partial charge in [0.1, 0.15) is 0 Å². The van der Waals surface area contributed by atoms with Crippen molar-refractivity contribution in [3.8, 4) is 11.4 Å². The Morgan fingerprint density at radius 1 is 1.14 bits per heavy atom. The largest absolute Gasteiger partial charge is 0.324 e. The van der Waals surface area contributed by atoms with Gasteiger partial charge in [-0.3, -0.25) is 19.3 Å². The molecule has 0 aliphatic rings. The molecule has 1 N–H and O–H groups in total. The first-order valence-corrected chi connectivity index (χ1v) is 9.05. The molecule has 0 atom stereocenters. The molecule has 0 saturated carbocycles. The molecule has 0 bridgehead atoms. The van der Waals surface area contributed by atoms with Crippen LogP contribution in [-0.2, 0) is 4.79 Å². The Kier molecular flexibility index (Phi) is 4.65. The maximum absolute atomic E-state index is 12.2. The lowest BCUT2D eigenvalue weighted by Crippen LogP contribution is -2.07. The monoisotopic (exact) mass is 391 g/mol. The Hall–Kier alpha value is -3.85. The standard InChI is InChI=1S/C19H13N5O3S/c25-17(9-7-15-8-10-18(28-15)24(26)27)20-14-5-3-4-13(12-14)19-22-21-16-6-1-2-11-23(16)19/h1-12H,(H,20,25)/b9-7+. The molecular weight excluding hydrogens is 378 g/mol. The van der Waals surface area contributed by atoms with Gasteiger partial charge in [-0.05, 0) is 36.4 Å². The fraction of sp³-hybridized carbons (Fsp3) is 0. The second-order valence-electron chi connectivity index (χ2n) is 5.79. The zero-order valence-corrected chi connectivity index (χ0v) is 15.2. The van der Waals surface area contributed by atoms with Gasteiger partial charge in [-0.25, -0.2) is 0 Å². The van der Waals surface area contributed by atoms with Crippen LogP contribution in [0.2, 0.25) is 0 Å². The molecule has 0 radical (unpaired) electrons. The predicted octanol–water partition coefficient (Wildman–Crippen LogP) is 4.02. The number of carbonyl (C=O) groups excluding carboxylic acids is 1. The highest BCUT2D eigenvalue weighted by Gasteiger charge is 2.10. The number of nitrogens with one attached hydrogen (secondary N) is 1. The van der Waals surface area contributed by atoms with E-state index in [1.807, 2.05) is 47.0 Å². The average Bonchev–Trinajstić information content (AvgIpc) is 3.34. The first-order valence-electron chi connectivity index (χ1n) is 8.24. The van der Waals surface area contributed by atoms with Crippen molar-refractivity contribution >= 4 is 39.7 Å². The molecule has 0 aliphatic heterocycles. The Labute approximate surface area is 162 Å². The minimum Gasteiger partial charge on any atom is -0.322 e. The number of hydrogen-bond donors (Lipinski definition) is 1. The second-order valence-corrected chi connectivity index (χ2v) is 6.88. The highest BCUT2D eigenvalue weighted by molar-refractivity contribution is 7.16. The molecule has 1 amide bonds. The van der Waals surface area contributed by atoms with Gasteiger partial charge in [0.05, 0.1) is 4.92 Å². The zero-order valence-electron chi connectivity index (χ0n) is 14.4. The number of pyridine rings is 1. The van der Waals surface area contributed by atoms with Crippen molar-refractivity contribution in [2.45, 2.75) is 0 Å². The van der Waals surface area contributed by atoms with E-state index in [-0.39, 0.29) is 10.9 Å². The van der Waals surface area contributed by atoms with Gasteiger partial charge >= 0.3 is 5.00 Å². The zero-order chi connectivity index (χ0) is 19.5. The normalized spacial score (nSPS) is 11.1. The molecule has 8 nitrogen and oxygen atoms in total. The third-order valence-electron chi connectivity index (χ3n) is 3.89. The highest BCUT2D eigenvalue weighted by Crippen LogP contribution is 2.25. The topological polar surface area (TPSA) is 102 Å². The molecule has 3 heterocycles. The van der Waals surface area contributed by atoms with Crippen LogP contribution in [0.4, 0.5) is 10.7 Å². The van der Waals surface area contributed by atoms with Crippen molar-refractivity contribution in [1.82, 2.24) is 14.6 Å². The van der Waals surface area contributed by atoms with E-state index in [1.165, 1.54) is 12.1 Å². The molecule has 4 aromatic rings. The highest BCUT2D eigenvalue weighted by atomic mass is 32.1. The van der Waals surface area contributed by atoms with Crippen LogP contribution in [-0.4, -0.2) is 25.4 Å². The second kappa shape index (κ2) is 7.41. The number of carbonyl (C=O) groups is 1.